The second kappa shape index (κ2) is 15.3. The van der Waals surface area contributed by atoms with Gasteiger partial charge in [-0.15, -0.1) is 0 Å². The number of amides is 3. The third-order valence-electron chi connectivity index (χ3n) is 7.33. The van der Waals surface area contributed by atoms with E-state index in [0.717, 1.165) is 10.9 Å². The van der Waals surface area contributed by atoms with Crippen LogP contribution in [0.15, 0.2) is 67.3 Å². The number of carboxylic acid groups (broad SMARTS) is 2. The zero-order valence-corrected chi connectivity index (χ0v) is 24.6. The fraction of sp³-hybridized carbons (Fsp3) is 0.290. The van der Waals surface area contributed by atoms with Crippen molar-refractivity contribution >= 4 is 40.6 Å². The quantitative estimate of drug-likeness (QED) is 0.0818. The lowest BCUT2D eigenvalue weighted by molar-refractivity contribution is -0.142. The first-order valence-electron chi connectivity index (χ1n) is 14.4. The van der Waals surface area contributed by atoms with Crippen LogP contribution in [0.25, 0.3) is 10.9 Å². The summed E-state index contributed by atoms with van der Waals surface area (Å²) in [4.78, 5) is 73.2. The lowest BCUT2D eigenvalue weighted by Gasteiger charge is -2.25. The smallest absolute Gasteiger partial charge is 0.326 e. The van der Waals surface area contributed by atoms with E-state index >= 15 is 0 Å². The Morgan fingerprint density at radius 3 is 2.15 bits per heavy atom. The highest BCUT2D eigenvalue weighted by Gasteiger charge is 2.31. The number of carbonyl (C=O) groups is 5. The number of fused-ring (bicyclic) bond motifs is 1. The van der Waals surface area contributed by atoms with Crippen molar-refractivity contribution < 1.29 is 39.3 Å². The molecule has 0 fully saturated rings. The molecular formula is C31H35N7O8. The summed E-state index contributed by atoms with van der Waals surface area (Å²) in [5.41, 5.74) is 8.61. The maximum absolute atomic E-state index is 13.5. The molecule has 0 saturated heterocycles. The Kier molecular flexibility index (Phi) is 11.1. The van der Waals surface area contributed by atoms with Crippen molar-refractivity contribution in [2.75, 3.05) is 0 Å². The highest BCUT2D eigenvalue weighted by atomic mass is 16.4. The number of aromatic amines is 2. The van der Waals surface area contributed by atoms with Crippen LogP contribution >= 0.6 is 0 Å². The van der Waals surface area contributed by atoms with Crippen molar-refractivity contribution in [2.24, 2.45) is 5.73 Å². The van der Waals surface area contributed by atoms with Gasteiger partial charge in [-0.25, -0.2) is 9.78 Å². The van der Waals surface area contributed by atoms with Crippen LogP contribution in [0.4, 0.5) is 0 Å². The third-order valence-corrected chi connectivity index (χ3v) is 7.33. The summed E-state index contributed by atoms with van der Waals surface area (Å²) in [7, 11) is 0. The van der Waals surface area contributed by atoms with Crippen molar-refractivity contribution in [1.29, 1.82) is 0 Å². The van der Waals surface area contributed by atoms with E-state index in [1.165, 1.54) is 24.7 Å². The maximum Gasteiger partial charge on any atom is 0.326 e. The minimum absolute atomic E-state index is 0.0357. The summed E-state index contributed by atoms with van der Waals surface area (Å²) in [6.45, 7) is 0. The van der Waals surface area contributed by atoms with E-state index in [9.17, 15) is 39.3 Å². The van der Waals surface area contributed by atoms with Gasteiger partial charge >= 0.3 is 11.9 Å². The van der Waals surface area contributed by atoms with Crippen LogP contribution in [-0.4, -0.2) is 84.1 Å². The summed E-state index contributed by atoms with van der Waals surface area (Å²) < 4.78 is 0. The average Bonchev–Trinajstić information content (AvgIpc) is 3.69. The van der Waals surface area contributed by atoms with E-state index in [4.69, 9.17) is 5.73 Å². The van der Waals surface area contributed by atoms with Crippen LogP contribution in [-0.2, 0) is 43.2 Å². The van der Waals surface area contributed by atoms with Gasteiger partial charge in [0.05, 0.1) is 12.4 Å². The zero-order valence-electron chi connectivity index (χ0n) is 24.6. The fourth-order valence-corrected chi connectivity index (χ4v) is 4.88. The van der Waals surface area contributed by atoms with Gasteiger partial charge in [0.15, 0.2) is 0 Å². The molecule has 4 unspecified atom stereocenters. The van der Waals surface area contributed by atoms with Crippen molar-refractivity contribution in [3.8, 4) is 5.75 Å². The van der Waals surface area contributed by atoms with Crippen molar-refractivity contribution in [1.82, 2.24) is 30.9 Å². The number of rotatable bonds is 16. The Labute approximate surface area is 262 Å². The Bertz CT molecular complexity index is 1670. The van der Waals surface area contributed by atoms with Gasteiger partial charge in [-0.1, -0.05) is 30.3 Å². The molecule has 242 valence electrons. The molecule has 0 aliphatic heterocycles. The zero-order chi connectivity index (χ0) is 33.2. The molecule has 15 nitrogen and oxygen atoms in total. The molecule has 3 amide bonds. The van der Waals surface area contributed by atoms with Crippen LogP contribution < -0.4 is 21.7 Å². The molecule has 4 rings (SSSR count). The topological polar surface area (TPSA) is 253 Å². The Hall–Kier alpha value is -5.70. The maximum atomic E-state index is 13.5. The molecule has 4 atom stereocenters. The van der Waals surface area contributed by atoms with E-state index in [2.05, 4.69) is 30.9 Å². The van der Waals surface area contributed by atoms with Gasteiger partial charge in [-0.05, 0) is 42.2 Å². The number of para-hydroxylation sites is 1. The third kappa shape index (κ3) is 9.15. The number of imidazole rings is 1. The molecule has 4 aromatic rings. The van der Waals surface area contributed by atoms with E-state index in [1.54, 1.807) is 18.3 Å². The SMILES string of the molecule is NC(Cc1ccc(O)cc1)C(=O)NC(CCC(=O)O)C(=O)NC(Cc1cnc[nH]1)C(=O)NC(Cc1c[nH]c2ccccc12)C(=O)O. The first-order valence-corrected chi connectivity index (χ1v) is 14.4. The molecule has 46 heavy (non-hydrogen) atoms. The number of hydrogen-bond donors (Lipinski definition) is 9. The van der Waals surface area contributed by atoms with Crippen LogP contribution in [0.1, 0.15) is 29.7 Å². The van der Waals surface area contributed by atoms with Gasteiger partial charge in [-0.3, -0.25) is 19.2 Å². The number of carbonyl (C=O) groups excluding carboxylic acids is 3. The standard InChI is InChI=1S/C31H35N7O8/c32-22(11-17-5-7-20(39)8-6-17)28(42)36-24(9-10-27(40)41)29(43)37-25(13-19-15-33-16-35-19)30(44)38-26(31(45)46)12-18-14-34-23-4-2-1-3-21(18)23/h1-8,14-16,22,24-26,34,39H,9-13,32H2,(H,33,35)(H,36,42)(H,37,43)(H,38,44)(H,40,41)(H,45,46). The summed E-state index contributed by atoms with van der Waals surface area (Å²) >= 11 is 0. The normalized spacial score (nSPS) is 13.7. The van der Waals surface area contributed by atoms with Crippen LogP contribution in [0.5, 0.6) is 5.75 Å². The molecule has 2 heterocycles. The lowest BCUT2D eigenvalue weighted by atomic mass is 10.0. The number of benzene rings is 2. The van der Waals surface area contributed by atoms with Gasteiger partial charge < -0.3 is 47.0 Å². The second-order valence-electron chi connectivity index (χ2n) is 10.8. The molecule has 0 bridgehead atoms. The Morgan fingerprint density at radius 2 is 1.48 bits per heavy atom. The molecule has 0 aliphatic carbocycles. The van der Waals surface area contributed by atoms with Crippen molar-refractivity contribution in [3.05, 3.63) is 84.1 Å². The predicted octanol–water partition coefficient (Wildman–Crippen LogP) is 0.356. The van der Waals surface area contributed by atoms with E-state index in [-0.39, 0.29) is 31.4 Å². The van der Waals surface area contributed by atoms with Crippen LogP contribution in [0, 0.1) is 0 Å². The molecule has 2 aromatic carbocycles. The molecule has 0 radical (unpaired) electrons. The van der Waals surface area contributed by atoms with Gasteiger partial charge in [0.25, 0.3) is 0 Å². The number of nitrogens with two attached hydrogens (primary N) is 1. The minimum Gasteiger partial charge on any atom is -0.508 e. The number of aromatic hydroxyl groups is 1. The summed E-state index contributed by atoms with van der Waals surface area (Å²) in [5.74, 6) is -4.89. The van der Waals surface area contributed by atoms with E-state index in [1.807, 2.05) is 24.3 Å². The number of phenols is 1. The first-order chi connectivity index (χ1) is 22.0. The molecule has 2 aromatic heterocycles. The monoisotopic (exact) mass is 633 g/mol. The number of aromatic nitrogens is 3. The molecule has 0 spiro atoms. The van der Waals surface area contributed by atoms with Gasteiger partial charge in [0, 0.05) is 48.3 Å². The number of carboxylic acids is 2. The molecule has 0 saturated carbocycles. The Morgan fingerprint density at radius 1 is 0.804 bits per heavy atom. The summed E-state index contributed by atoms with van der Waals surface area (Å²) in [5, 5.41) is 37.0. The molecular weight excluding hydrogens is 598 g/mol. The number of nitrogens with one attached hydrogen (secondary N) is 5. The Balaban J connectivity index is 1.49. The number of phenolic OH excluding ortho intramolecular Hbond substituents is 1. The highest BCUT2D eigenvalue weighted by Crippen LogP contribution is 2.19. The number of H-pyrrole nitrogens is 2. The highest BCUT2D eigenvalue weighted by molar-refractivity contribution is 5.94. The van der Waals surface area contributed by atoms with E-state index in [0.29, 0.717) is 16.8 Å². The largest absolute Gasteiger partial charge is 0.508 e. The number of hydrogen-bond acceptors (Lipinski definition) is 8. The van der Waals surface area contributed by atoms with E-state index < -0.39 is 60.2 Å². The second-order valence-corrected chi connectivity index (χ2v) is 10.8. The average molecular weight is 634 g/mol. The fourth-order valence-electron chi connectivity index (χ4n) is 4.88. The van der Waals surface area contributed by atoms with Gasteiger partial charge in [0.2, 0.25) is 17.7 Å². The van der Waals surface area contributed by atoms with Crippen LogP contribution in [0.2, 0.25) is 0 Å². The van der Waals surface area contributed by atoms with Gasteiger partial charge in [-0.2, -0.15) is 0 Å². The predicted molar refractivity (Wildman–Crippen MR) is 164 cm³/mol. The van der Waals surface area contributed by atoms with Crippen molar-refractivity contribution in [3.63, 3.8) is 0 Å². The molecule has 10 N–H and O–H groups in total. The molecule has 0 aliphatic rings. The summed E-state index contributed by atoms with van der Waals surface area (Å²) in [6.07, 6.45) is 3.58. The molecule has 15 heteroatoms. The van der Waals surface area contributed by atoms with Gasteiger partial charge in [0.1, 0.15) is 23.9 Å². The minimum atomic E-state index is -1.38. The first kappa shape index (κ1) is 33.2. The summed E-state index contributed by atoms with van der Waals surface area (Å²) in [6, 6.07) is 8.16. The lowest BCUT2D eigenvalue weighted by Crippen LogP contribution is -2.58. The van der Waals surface area contributed by atoms with Crippen LogP contribution in [0.3, 0.4) is 0 Å². The number of aliphatic carboxylic acids is 2. The van der Waals surface area contributed by atoms with Crippen molar-refractivity contribution in [2.45, 2.75) is 56.3 Å². The number of nitrogens with zero attached hydrogens (tertiary/aromatic N) is 1.